The van der Waals surface area contributed by atoms with E-state index < -0.39 is 11.7 Å². The number of rotatable bonds is 4. The highest BCUT2D eigenvalue weighted by Crippen LogP contribution is 2.38. The fourth-order valence-electron chi connectivity index (χ4n) is 1.10. The van der Waals surface area contributed by atoms with Crippen LogP contribution in [-0.2, 0) is 6.18 Å². The normalized spacial score (nSPS) is 11.8. The number of aliphatic hydroxyl groups is 1. The summed E-state index contributed by atoms with van der Waals surface area (Å²) in [4.78, 5) is 0.190. The lowest BCUT2D eigenvalue weighted by Crippen LogP contribution is -2.06. The van der Waals surface area contributed by atoms with Gasteiger partial charge in [-0.25, -0.2) is 0 Å². The van der Waals surface area contributed by atoms with Crippen LogP contribution in [0.2, 0.25) is 0 Å². The first-order valence-corrected chi connectivity index (χ1v) is 6.33. The first-order chi connectivity index (χ1) is 7.45. The molecule has 1 rings (SSSR count). The number of halogens is 4. The highest BCUT2D eigenvalue weighted by Gasteiger charge is 2.33. The summed E-state index contributed by atoms with van der Waals surface area (Å²) in [5, 5.41) is 8.58. The third-order valence-corrected chi connectivity index (χ3v) is 3.44. The number of alkyl halides is 3. The highest BCUT2D eigenvalue weighted by atomic mass is 79.9. The minimum atomic E-state index is -4.33. The Morgan fingerprint density at radius 1 is 1.31 bits per heavy atom. The quantitative estimate of drug-likeness (QED) is 0.671. The molecule has 0 atom stereocenters. The van der Waals surface area contributed by atoms with E-state index in [0.717, 1.165) is 17.8 Å². The second kappa shape index (κ2) is 5.93. The summed E-state index contributed by atoms with van der Waals surface area (Å²) in [6.45, 7) is -0.0116. The van der Waals surface area contributed by atoms with Gasteiger partial charge in [0.05, 0.1) is 5.56 Å². The fourth-order valence-corrected chi connectivity index (χ4v) is 2.65. The summed E-state index contributed by atoms with van der Waals surface area (Å²) in [6.07, 6.45) is -3.85. The minimum absolute atomic E-state index is 0.0116. The second-order valence-corrected chi connectivity index (χ2v) is 5.12. The van der Waals surface area contributed by atoms with Crippen LogP contribution in [0.25, 0.3) is 0 Å². The molecule has 0 spiro atoms. The van der Waals surface area contributed by atoms with E-state index in [1.807, 2.05) is 0 Å². The lowest BCUT2D eigenvalue weighted by molar-refractivity contribution is -0.139. The molecule has 6 heteroatoms. The molecule has 0 bridgehead atoms. The molecule has 0 aromatic heterocycles. The molecule has 1 N–H and O–H groups in total. The van der Waals surface area contributed by atoms with Crippen LogP contribution in [0.1, 0.15) is 12.0 Å². The molecule has 16 heavy (non-hydrogen) atoms. The molecule has 0 amide bonds. The third-order valence-electron chi connectivity index (χ3n) is 1.81. The van der Waals surface area contributed by atoms with Crippen molar-refractivity contribution in [1.82, 2.24) is 0 Å². The lowest BCUT2D eigenvalue weighted by atomic mass is 10.2. The zero-order valence-corrected chi connectivity index (χ0v) is 10.6. The van der Waals surface area contributed by atoms with E-state index in [2.05, 4.69) is 15.9 Å². The van der Waals surface area contributed by atoms with Crippen LogP contribution in [0.3, 0.4) is 0 Å². The fraction of sp³-hybridized carbons (Fsp3) is 0.400. The van der Waals surface area contributed by atoms with Gasteiger partial charge >= 0.3 is 6.18 Å². The van der Waals surface area contributed by atoms with E-state index in [1.165, 1.54) is 12.1 Å². The summed E-state index contributed by atoms with van der Waals surface area (Å²) in [7, 11) is 0. The van der Waals surface area contributed by atoms with Gasteiger partial charge in [-0.05, 0) is 24.6 Å². The van der Waals surface area contributed by atoms with E-state index in [-0.39, 0.29) is 11.5 Å². The van der Waals surface area contributed by atoms with E-state index in [4.69, 9.17) is 5.11 Å². The van der Waals surface area contributed by atoms with Gasteiger partial charge in [0.1, 0.15) is 0 Å². The minimum Gasteiger partial charge on any atom is -0.396 e. The van der Waals surface area contributed by atoms with Crippen molar-refractivity contribution in [1.29, 1.82) is 0 Å². The standard InChI is InChI=1S/C10H10BrF3OS/c11-7-2-3-8(10(12,13)14)9(6-7)16-5-1-4-15/h2-3,6,15H,1,4-5H2. The van der Waals surface area contributed by atoms with E-state index in [9.17, 15) is 13.2 Å². The largest absolute Gasteiger partial charge is 0.417 e. The van der Waals surface area contributed by atoms with Crippen molar-refractivity contribution in [2.24, 2.45) is 0 Å². The topological polar surface area (TPSA) is 20.2 Å². The number of hydrogen-bond acceptors (Lipinski definition) is 2. The van der Waals surface area contributed by atoms with E-state index in [1.54, 1.807) is 0 Å². The van der Waals surface area contributed by atoms with Crippen LogP contribution in [0.4, 0.5) is 13.2 Å². The summed E-state index contributed by atoms with van der Waals surface area (Å²) >= 11 is 4.24. The molecule has 0 aliphatic carbocycles. The molecule has 0 unspecified atom stereocenters. The van der Waals surface area contributed by atoms with Crippen LogP contribution < -0.4 is 0 Å². The summed E-state index contributed by atoms with van der Waals surface area (Å²) in [6, 6.07) is 3.88. The molecular formula is C10H10BrF3OS. The molecule has 0 radical (unpaired) electrons. The van der Waals surface area contributed by atoms with Crippen LogP contribution >= 0.6 is 27.7 Å². The Kier molecular flexibility index (Phi) is 5.14. The van der Waals surface area contributed by atoms with Gasteiger partial charge in [-0.2, -0.15) is 13.2 Å². The highest BCUT2D eigenvalue weighted by molar-refractivity contribution is 9.10. The number of thioether (sulfide) groups is 1. The Morgan fingerprint density at radius 2 is 2.00 bits per heavy atom. The Bertz CT molecular complexity index is 354. The summed E-state index contributed by atoms with van der Waals surface area (Å²) in [5.41, 5.74) is -0.626. The Labute approximate surface area is 104 Å². The molecule has 0 heterocycles. The first kappa shape index (κ1) is 13.9. The molecular weight excluding hydrogens is 305 g/mol. The second-order valence-electron chi connectivity index (χ2n) is 3.06. The van der Waals surface area contributed by atoms with Gasteiger partial charge in [0.25, 0.3) is 0 Å². The Hall–Kier alpha value is -0.200. The monoisotopic (exact) mass is 314 g/mol. The van der Waals surface area contributed by atoms with Gasteiger partial charge in [-0.3, -0.25) is 0 Å². The van der Waals surface area contributed by atoms with Crippen molar-refractivity contribution in [2.45, 2.75) is 17.5 Å². The Balaban J connectivity index is 2.90. The van der Waals surface area contributed by atoms with Crippen molar-refractivity contribution in [3.05, 3.63) is 28.2 Å². The summed E-state index contributed by atoms with van der Waals surface area (Å²) in [5.74, 6) is 0.468. The molecule has 0 saturated heterocycles. The zero-order valence-electron chi connectivity index (χ0n) is 8.22. The van der Waals surface area contributed by atoms with Gasteiger partial charge in [0.15, 0.2) is 0 Å². The third kappa shape index (κ3) is 3.99. The molecule has 0 aliphatic rings. The maximum absolute atomic E-state index is 12.6. The number of aliphatic hydroxyl groups excluding tert-OH is 1. The van der Waals surface area contributed by atoms with Crippen molar-refractivity contribution in [2.75, 3.05) is 12.4 Å². The van der Waals surface area contributed by atoms with E-state index in [0.29, 0.717) is 16.6 Å². The number of benzene rings is 1. The maximum atomic E-state index is 12.6. The maximum Gasteiger partial charge on any atom is 0.417 e. The van der Waals surface area contributed by atoms with Crippen LogP contribution in [0.15, 0.2) is 27.6 Å². The smallest absolute Gasteiger partial charge is 0.396 e. The van der Waals surface area contributed by atoms with Gasteiger partial charge in [-0.15, -0.1) is 11.8 Å². The molecule has 0 fully saturated rings. The summed E-state index contributed by atoms with van der Waals surface area (Å²) < 4.78 is 38.5. The molecule has 0 aliphatic heterocycles. The molecule has 1 aromatic carbocycles. The SMILES string of the molecule is OCCCSc1cc(Br)ccc1C(F)(F)F. The van der Waals surface area contributed by atoms with Gasteiger partial charge < -0.3 is 5.11 Å². The Morgan fingerprint density at radius 3 is 2.56 bits per heavy atom. The molecule has 1 aromatic rings. The van der Waals surface area contributed by atoms with Crippen molar-refractivity contribution in [3.63, 3.8) is 0 Å². The van der Waals surface area contributed by atoms with Crippen LogP contribution in [0, 0.1) is 0 Å². The molecule has 1 nitrogen and oxygen atoms in total. The van der Waals surface area contributed by atoms with E-state index >= 15 is 0 Å². The number of hydrogen-bond donors (Lipinski definition) is 1. The predicted octanol–water partition coefficient (Wildman–Crippen LogP) is 3.94. The zero-order chi connectivity index (χ0) is 12.2. The van der Waals surface area contributed by atoms with Crippen molar-refractivity contribution < 1.29 is 18.3 Å². The van der Waals surface area contributed by atoms with Crippen molar-refractivity contribution >= 4 is 27.7 Å². The predicted molar refractivity (Wildman–Crippen MR) is 61.6 cm³/mol. The molecule has 0 saturated carbocycles. The average Bonchev–Trinajstić information content (AvgIpc) is 2.16. The van der Waals surface area contributed by atoms with Gasteiger partial charge in [0.2, 0.25) is 0 Å². The van der Waals surface area contributed by atoms with Crippen molar-refractivity contribution in [3.8, 4) is 0 Å². The first-order valence-electron chi connectivity index (χ1n) is 4.55. The van der Waals surface area contributed by atoms with Crippen LogP contribution in [-0.4, -0.2) is 17.5 Å². The lowest BCUT2D eigenvalue weighted by Gasteiger charge is -2.12. The van der Waals surface area contributed by atoms with Crippen LogP contribution in [0.5, 0.6) is 0 Å². The average molecular weight is 315 g/mol. The van der Waals surface area contributed by atoms with Gasteiger partial charge in [0, 0.05) is 21.7 Å². The molecule has 90 valence electrons. The van der Waals surface area contributed by atoms with Gasteiger partial charge in [-0.1, -0.05) is 15.9 Å².